The molecule has 0 unspecified atom stereocenters. The van der Waals surface area contributed by atoms with Crippen LogP contribution in [0.1, 0.15) is 73.1 Å². The fourth-order valence-electron chi connectivity index (χ4n) is 3.25. The van der Waals surface area contributed by atoms with Crippen LogP contribution in [0, 0.1) is 6.92 Å². The van der Waals surface area contributed by atoms with Gasteiger partial charge in [0.15, 0.2) is 5.78 Å². The van der Waals surface area contributed by atoms with Crippen molar-refractivity contribution in [2.75, 3.05) is 0 Å². The molecule has 1 nitrogen and oxygen atoms in total. The van der Waals surface area contributed by atoms with E-state index in [0.717, 1.165) is 16.7 Å². The first-order valence-corrected chi connectivity index (χ1v) is 8.68. The van der Waals surface area contributed by atoms with E-state index in [9.17, 15) is 4.79 Å². The lowest BCUT2D eigenvalue weighted by atomic mass is 9.79. The van der Waals surface area contributed by atoms with Crippen LogP contribution < -0.4 is 0 Å². The van der Waals surface area contributed by atoms with Crippen LogP contribution >= 0.6 is 0 Å². The summed E-state index contributed by atoms with van der Waals surface area (Å²) in [5.74, 6) is 0.0888. The molecule has 1 heteroatoms. The van der Waals surface area contributed by atoms with Gasteiger partial charge in [0.2, 0.25) is 0 Å². The zero-order valence-corrected chi connectivity index (χ0v) is 15.6. The van der Waals surface area contributed by atoms with Gasteiger partial charge in [0.1, 0.15) is 0 Å². The van der Waals surface area contributed by atoms with Crippen molar-refractivity contribution in [1.29, 1.82) is 0 Å². The van der Waals surface area contributed by atoms with Gasteiger partial charge in [-0.2, -0.15) is 0 Å². The van der Waals surface area contributed by atoms with Crippen LogP contribution in [0.15, 0.2) is 49.0 Å². The molecule has 0 saturated carbocycles. The number of carbonyl (C=O) groups excluding carboxylic acids is 1. The van der Waals surface area contributed by atoms with Crippen LogP contribution in [0.25, 0.3) is 5.57 Å². The predicted octanol–water partition coefficient (Wildman–Crippen LogP) is 6.34. The zero-order valence-electron chi connectivity index (χ0n) is 15.6. The molecule has 126 valence electrons. The lowest BCUT2D eigenvalue weighted by Crippen LogP contribution is -2.16. The second-order valence-corrected chi connectivity index (χ2v) is 7.28. The van der Waals surface area contributed by atoms with Crippen molar-refractivity contribution in [3.8, 4) is 0 Å². The molecule has 0 aromatic heterocycles. The van der Waals surface area contributed by atoms with E-state index in [2.05, 4.69) is 52.5 Å². The van der Waals surface area contributed by atoms with Gasteiger partial charge < -0.3 is 0 Å². The molecule has 0 heterocycles. The summed E-state index contributed by atoms with van der Waals surface area (Å²) in [5, 5.41) is 0. The maximum atomic E-state index is 11.4. The van der Waals surface area contributed by atoms with Gasteiger partial charge in [-0.25, -0.2) is 0 Å². The van der Waals surface area contributed by atoms with Gasteiger partial charge in [-0.15, -0.1) is 0 Å². The number of rotatable bonds is 6. The van der Waals surface area contributed by atoms with Gasteiger partial charge in [0.05, 0.1) is 0 Å². The third kappa shape index (κ3) is 3.84. The van der Waals surface area contributed by atoms with Crippen LogP contribution in [0.3, 0.4) is 0 Å². The summed E-state index contributed by atoms with van der Waals surface area (Å²) in [6, 6.07) is 14.4. The quantitative estimate of drug-likeness (QED) is 0.568. The molecule has 0 radical (unpaired) electrons. The van der Waals surface area contributed by atoms with Gasteiger partial charge in [-0.1, -0.05) is 76.2 Å². The fourth-order valence-corrected chi connectivity index (χ4v) is 3.25. The number of ketones is 1. The summed E-state index contributed by atoms with van der Waals surface area (Å²) in [6.07, 6.45) is 2.36. The van der Waals surface area contributed by atoms with Gasteiger partial charge >= 0.3 is 0 Å². The zero-order chi connectivity index (χ0) is 17.9. The van der Waals surface area contributed by atoms with Crippen molar-refractivity contribution in [3.63, 3.8) is 0 Å². The Bertz CT molecular complexity index is 748. The average Bonchev–Trinajstić information content (AvgIpc) is 2.54. The van der Waals surface area contributed by atoms with E-state index in [0.29, 0.717) is 0 Å². The Labute approximate surface area is 146 Å². The molecule has 0 aliphatic heterocycles. The molecule has 2 aromatic rings. The Morgan fingerprint density at radius 3 is 2.12 bits per heavy atom. The Balaban J connectivity index is 2.32. The SMILES string of the molecule is C=C(c1ccc(C(C)=O)cc1)c1ccc(C(C)(C)CCC)cc1C. The molecule has 0 N–H and O–H groups in total. The smallest absolute Gasteiger partial charge is 0.159 e. The summed E-state index contributed by atoms with van der Waals surface area (Å²) in [7, 11) is 0. The molecule has 0 atom stereocenters. The molecule has 0 aliphatic carbocycles. The fraction of sp³-hybridized carbons (Fsp3) is 0.348. The molecule has 0 amide bonds. The van der Waals surface area contributed by atoms with Crippen LogP contribution in [0.2, 0.25) is 0 Å². The summed E-state index contributed by atoms with van der Waals surface area (Å²) >= 11 is 0. The highest BCUT2D eigenvalue weighted by atomic mass is 16.1. The van der Waals surface area contributed by atoms with E-state index in [-0.39, 0.29) is 11.2 Å². The normalized spacial score (nSPS) is 11.4. The molecule has 0 bridgehead atoms. The van der Waals surface area contributed by atoms with Gasteiger partial charge in [-0.05, 0) is 53.5 Å². The average molecular weight is 320 g/mol. The Morgan fingerprint density at radius 2 is 1.62 bits per heavy atom. The Kier molecular flexibility index (Phi) is 5.43. The number of aryl methyl sites for hydroxylation is 1. The monoisotopic (exact) mass is 320 g/mol. The molecular weight excluding hydrogens is 292 g/mol. The molecular formula is C23H28O. The van der Waals surface area contributed by atoms with Crippen molar-refractivity contribution < 1.29 is 4.79 Å². The van der Waals surface area contributed by atoms with Crippen LogP contribution in [-0.2, 0) is 5.41 Å². The van der Waals surface area contributed by atoms with E-state index in [1.165, 1.54) is 29.5 Å². The van der Waals surface area contributed by atoms with E-state index < -0.39 is 0 Å². The first-order valence-electron chi connectivity index (χ1n) is 8.68. The minimum atomic E-state index is 0.0888. The van der Waals surface area contributed by atoms with E-state index >= 15 is 0 Å². The van der Waals surface area contributed by atoms with E-state index in [1.807, 2.05) is 24.3 Å². The van der Waals surface area contributed by atoms with Crippen molar-refractivity contribution in [2.45, 2.75) is 52.9 Å². The second-order valence-electron chi connectivity index (χ2n) is 7.28. The minimum Gasteiger partial charge on any atom is -0.295 e. The van der Waals surface area contributed by atoms with Gasteiger partial charge in [-0.3, -0.25) is 4.79 Å². The lowest BCUT2D eigenvalue weighted by Gasteiger charge is -2.26. The van der Waals surface area contributed by atoms with Crippen molar-refractivity contribution in [3.05, 3.63) is 76.9 Å². The minimum absolute atomic E-state index is 0.0888. The first-order chi connectivity index (χ1) is 11.3. The third-order valence-electron chi connectivity index (χ3n) is 4.85. The van der Waals surface area contributed by atoms with Gasteiger partial charge in [0, 0.05) is 5.56 Å². The highest BCUT2D eigenvalue weighted by Crippen LogP contribution is 2.32. The lowest BCUT2D eigenvalue weighted by molar-refractivity contribution is 0.101. The number of carbonyl (C=O) groups is 1. The largest absolute Gasteiger partial charge is 0.295 e. The molecule has 0 aliphatic rings. The first kappa shape index (κ1) is 18.2. The second kappa shape index (κ2) is 7.17. The summed E-state index contributed by atoms with van der Waals surface area (Å²) < 4.78 is 0. The predicted molar refractivity (Wildman–Crippen MR) is 104 cm³/mol. The van der Waals surface area contributed by atoms with Crippen molar-refractivity contribution in [1.82, 2.24) is 0 Å². The van der Waals surface area contributed by atoms with Gasteiger partial charge in [0.25, 0.3) is 0 Å². The summed E-state index contributed by atoms with van der Waals surface area (Å²) in [6.45, 7) is 14.9. The molecule has 2 rings (SSSR count). The highest BCUT2D eigenvalue weighted by Gasteiger charge is 2.20. The number of Topliss-reactive ketones (excluding diaryl/α,β-unsaturated/α-hetero) is 1. The number of hydrogen-bond donors (Lipinski definition) is 0. The molecule has 24 heavy (non-hydrogen) atoms. The maximum absolute atomic E-state index is 11.4. The third-order valence-corrected chi connectivity index (χ3v) is 4.85. The Morgan fingerprint density at radius 1 is 1.04 bits per heavy atom. The van der Waals surface area contributed by atoms with E-state index in [4.69, 9.17) is 0 Å². The van der Waals surface area contributed by atoms with Crippen molar-refractivity contribution >= 4 is 11.4 Å². The summed E-state index contributed by atoms with van der Waals surface area (Å²) in [5.41, 5.74) is 6.79. The molecule has 2 aromatic carbocycles. The standard InChI is InChI=1S/C23H28O/c1-7-14-23(5,6)21-12-13-22(16(2)15-21)17(3)19-8-10-20(11-9-19)18(4)24/h8-13,15H,3,7,14H2,1-2,4-6H3. The molecule has 0 spiro atoms. The van der Waals surface area contributed by atoms with E-state index in [1.54, 1.807) is 6.92 Å². The summed E-state index contributed by atoms with van der Waals surface area (Å²) in [4.78, 5) is 11.4. The molecule has 0 fully saturated rings. The van der Waals surface area contributed by atoms with Crippen LogP contribution in [0.4, 0.5) is 0 Å². The Hall–Kier alpha value is -2.15. The van der Waals surface area contributed by atoms with Crippen molar-refractivity contribution in [2.24, 2.45) is 0 Å². The molecule has 0 saturated heterocycles. The topological polar surface area (TPSA) is 17.1 Å². The van der Waals surface area contributed by atoms with Crippen LogP contribution in [-0.4, -0.2) is 5.78 Å². The number of hydrogen-bond acceptors (Lipinski definition) is 1. The number of benzene rings is 2. The maximum Gasteiger partial charge on any atom is 0.159 e. The van der Waals surface area contributed by atoms with Crippen LogP contribution in [0.5, 0.6) is 0 Å². The highest BCUT2D eigenvalue weighted by molar-refractivity contribution is 5.94.